The summed E-state index contributed by atoms with van der Waals surface area (Å²) in [6.07, 6.45) is 1.91. The van der Waals surface area contributed by atoms with E-state index in [0.29, 0.717) is 12.2 Å². The third-order valence-corrected chi connectivity index (χ3v) is 3.37. The predicted octanol–water partition coefficient (Wildman–Crippen LogP) is 4.25. The normalized spacial score (nSPS) is 10.5. The maximum absolute atomic E-state index is 10.9. The zero-order valence-corrected chi connectivity index (χ0v) is 13.3. The molecule has 4 heteroatoms. The molecule has 1 N–H and O–H groups in total. The Kier molecular flexibility index (Phi) is 6.63. The van der Waals surface area contributed by atoms with Crippen molar-refractivity contribution in [2.75, 3.05) is 19.8 Å². The van der Waals surface area contributed by atoms with Crippen LogP contribution < -0.4 is 4.74 Å². The molecule has 23 heavy (non-hydrogen) atoms. The van der Waals surface area contributed by atoms with Crippen LogP contribution in [0.4, 0.5) is 0 Å². The molecule has 0 saturated heterocycles. The van der Waals surface area contributed by atoms with Crippen LogP contribution >= 0.6 is 0 Å². The smallest absolute Gasteiger partial charge is 0.335 e. The van der Waals surface area contributed by atoms with Crippen LogP contribution in [0.25, 0.3) is 11.1 Å². The van der Waals surface area contributed by atoms with Crippen LogP contribution in [0.5, 0.6) is 5.75 Å². The van der Waals surface area contributed by atoms with Crippen LogP contribution in [0.3, 0.4) is 0 Å². The van der Waals surface area contributed by atoms with Gasteiger partial charge in [-0.25, -0.2) is 4.79 Å². The first kappa shape index (κ1) is 17.0. The van der Waals surface area contributed by atoms with Gasteiger partial charge in [0.05, 0.1) is 12.2 Å². The quantitative estimate of drug-likeness (QED) is 0.703. The summed E-state index contributed by atoms with van der Waals surface area (Å²) < 4.78 is 11.1. The number of benzene rings is 2. The molecule has 0 radical (unpaired) electrons. The molecule has 0 heterocycles. The van der Waals surface area contributed by atoms with Gasteiger partial charge in [-0.15, -0.1) is 0 Å². The van der Waals surface area contributed by atoms with Gasteiger partial charge in [0.15, 0.2) is 0 Å². The number of rotatable bonds is 9. The van der Waals surface area contributed by atoms with Gasteiger partial charge in [-0.05, 0) is 41.8 Å². The third kappa shape index (κ3) is 5.42. The van der Waals surface area contributed by atoms with Crippen LogP contribution in [0.1, 0.15) is 30.1 Å². The molecule has 0 aromatic heterocycles. The molecule has 0 aliphatic heterocycles. The number of carbonyl (C=O) groups is 1. The highest BCUT2D eigenvalue weighted by Crippen LogP contribution is 2.23. The van der Waals surface area contributed by atoms with E-state index in [2.05, 4.69) is 6.92 Å². The van der Waals surface area contributed by atoms with Gasteiger partial charge in [-0.2, -0.15) is 0 Å². The van der Waals surface area contributed by atoms with Crippen molar-refractivity contribution in [2.45, 2.75) is 19.8 Å². The van der Waals surface area contributed by atoms with Gasteiger partial charge in [0.25, 0.3) is 0 Å². The van der Waals surface area contributed by atoms with Crippen molar-refractivity contribution >= 4 is 5.97 Å². The van der Waals surface area contributed by atoms with Crippen LogP contribution in [0.15, 0.2) is 48.5 Å². The van der Waals surface area contributed by atoms with E-state index < -0.39 is 5.97 Å². The summed E-state index contributed by atoms with van der Waals surface area (Å²) in [6, 6.07) is 14.6. The Labute approximate surface area is 136 Å². The van der Waals surface area contributed by atoms with Gasteiger partial charge in [-0.1, -0.05) is 31.2 Å². The van der Waals surface area contributed by atoms with Gasteiger partial charge < -0.3 is 14.6 Å². The Morgan fingerprint density at radius 2 is 1.52 bits per heavy atom. The Morgan fingerprint density at radius 3 is 2.09 bits per heavy atom. The molecule has 0 saturated carbocycles. The minimum Gasteiger partial charge on any atom is -0.494 e. The summed E-state index contributed by atoms with van der Waals surface area (Å²) in [4.78, 5) is 10.9. The number of carboxylic acid groups (broad SMARTS) is 1. The van der Waals surface area contributed by atoms with Gasteiger partial charge in [-0.3, -0.25) is 0 Å². The number of aromatic carboxylic acids is 1. The molecule has 2 aromatic carbocycles. The number of carboxylic acids is 1. The second-order valence-electron chi connectivity index (χ2n) is 5.22. The SMILES string of the molecule is CCCOCCCOc1ccc(-c2ccc(C(=O)O)cc2)cc1. The summed E-state index contributed by atoms with van der Waals surface area (Å²) in [5.74, 6) is -0.0883. The van der Waals surface area contributed by atoms with Crippen molar-refractivity contribution in [3.63, 3.8) is 0 Å². The fraction of sp³-hybridized carbons (Fsp3) is 0.316. The molecule has 0 unspecified atom stereocenters. The zero-order chi connectivity index (χ0) is 16.5. The lowest BCUT2D eigenvalue weighted by atomic mass is 10.0. The van der Waals surface area contributed by atoms with Crippen molar-refractivity contribution in [1.29, 1.82) is 0 Å². The lowest BCUT2D eigenvalue weighted by Crippen LogP contribution is -2.03. The molecular weight excluding hydrogens is 292 g/mol. The summed E-state index contributed by atoms with van der Waals surface area (Å²) in [7, 11) is 0. The van der Waals surface area contributed by atoms with E-state index in [-0.39, 0.29) is 0 Å². The van der Waals surface area contributed by atoms with Crippen LogP contribution in [-0.2, 0) is 4.74 Å². The molecule has 122 valence electrons. The van der Waals surface area contributed by atoms with E-state index >= 15 is 0 Å². The molecule has 0 bridgehead atoms. The van der Waals surface area contributed by atoms with E-state index in [9.17, 15) is 4.79 Å². The van der Waals surface area contributed by atoms with Crippen molar-refractivity contribution < 1.29 is 19.4 Å². The first-order valence-corrected chi connectivity index (χ1v) is 7.85. The summed E-state index contributed by atoms with van der Waals surface area (Å²) >= 11 is 0. The monoisotopic (exact) mass is 314 g/mol. The summed E-state index contributed by atoms with van der Waals surface area (Å²) in [5.41, 5.74) is 2.30. The molecule has 0 amide bonds. The van der Waals surface area contributed by atoms with Gasteiger partial charge in [0.1, 0.15) is 5.75 Å². The first-order valence-electron chi connectivity index (χ1n) is 7.85. The van der Waals surface area contributed by atoms with E-state index in [0.717, 1.165) is 42.9 Å². The van der Waals surface area contributed by atoms with E-state index in [4.69, 9.17) is 14.6 Å². The minimum absolute atomic E-state index is 0.291. The molecular formula is C19H22O4. The van der Waals surface area contributed by atoms with E-state index in [1.165, 1.54) is 0 Å². The summed E-state index contributed by atoms with van der Waals surface area (Å²) in [5, 5.41) is 8.91. The largest absolute Gasteiger partial charge is 0.494 e. The highest BCUT2D eigenvalue weighted by molar-refractivity contribution is 5.88. The lowest BCUT2D eigenvalue weighted by Gasteiger charge is -2.08. The van der Waals surface area contributed by atoms with E-state index in [1.807, 2.05) is 36.4 Å². The first-order chi connectivity index (χ1) is 11.2. The number of hydrogen-bond acceptors (Lipinski definition) is 3. The van der Waals surface area contributed by atoms with Crippen molar-refractivity contribution in [3.05, 3.63) is 54.1 Å². The maximum Gasteiger partial charge on any atom is 0.335 e. The average Bonchev–Trinajstić information content (AvgIpc) is 2.58. The molecule has 0 spiro atoms. The molecule has 0 aliphatic rings. The average molecular weight is 314 g/mol. The number of ether oxygens (including phenoxy) is 2. The number of hydrogen-bond donors (Lipinski definition) is 1. The molecule has 2 aromatic rings. The van der Waals surface area contributed by atoms with E-state index in [1.54, 1.807) is 12.1 Å². The van der Waals surface area contributed by atoms with Gasteiger partial charge in [0, 0.05) is 19.6 Å². The molecule has 2 rings (SSSR count). The molecule has 0 atom stereocenters. The van der Waals surface area contributed by atoms with Crippen molar-refractivity contribution in [3.8, 4) is 16.9 Å². The molecule has 0 fully saturated rings. The van der Waals surface area contributed by atoms with Crippen LogP contribution in [0, 0.1) is 0 Å². The Balaban J connectivity index is 1.85. The second kappa shape index (κ2) is 8.96. The zero-order valence-electron chi connectivity index (χ0n) is 13.3. The van der Waals surface area contributed by atoms with Gasteiger partial charge in [0.2, 0.25) is 0 Å². The standard InChI is InChI=1S/C19H22O4/c1-2-12-22-13-3-14-23-18-10-8-16(9-11-18)15-4-6-17(7-5-15)19(20)21/h4-11H,2-3,12-14H2,1H3,(H,20,21). The molecule has 4 nitrogen and oxygen atoms in total. The maximum atomic E-state index is 10.9. The topological polar surface area (TPSA) is 55.8 Å². The third-order valence-electron chi connectivity index (χ3n) is 3.37. The van der Waals surface area contributed by atoms with Gasteiger partial charge >= 0.3 is 5.97 Å². The molecule has 0 aliphatic carbocycles. The van der Waals surface area contributed by atoms with Crippen molar-refractivity contribution in [1.82, 2.24) is 0 Å². The fourth-order valence-corrected chi connectivity index (χ4v) is 2.15. The van der Waals surface area contributed by atoms with Crippen LogP contribution in [-0.4, -0.2) is 30.9 Å². The Bertz CT molecular complexity index is 602. The lowest BCUT2D eigenvalue weighted by molar-refractivity contribution is 0.0697. The second-order valence-corrected chi connectivity index (χ2v) is 5.22. The van der Waals surface area contributed by atoms with Crippen LogP contribution in [0.2, 0.25) is 0 Å². The minimum atomic E-state index is -0.914. The van der Waals surface area contributed by atoms with Crippen molar-refractivity contribution in [2.24, 2.45) is 0 Å². The predicted molar refractivity (Wildman–Crippen MR) is 90.1 cm³/mol. The Morgan fingerprint density at radius 1 is 0.913 bits per heavy atom. The fourth-order valence-electron chi connectivity index (χ4n) is 2.15. The Hall–Kier alpha value is -2.33. The highest BCUT2D eigenvalue weighted by Gasteiger charge is 2.03. The summed E-state index contributed by atoms with van der Waals surface area (Å²) in [6.45, 7) is 4.25. The highest BCUT2D eigenvalue weighted by atomic mass is 16.5.